The van der Waals surface area contributed by atoms with Crippen LogP contribution in [-0.2, 0) is 12.8 Å². The Morgan fingerprint density at radius 2 is 2.29 bits per heavy atom. The van der Waals surface area contributed by atoms with Crippen molar-refractivity contribution in [3.8, 4) is 0 Å². The van der Waals surface area contributed by atoms with Crippen LogP contribution >= 0.6 is 27.7 Å². The molecule has 1 unspecified atom stereocenters. The zero-order valence-electron chi connectivity index (χ0n) is 8.75. The molecule has 5 heteroatoms. The Hall–Kier alpha value is -0.0000000000000000555. The molecule has 0 aromatic carbocycles. The monoisotopic (exact) mass is 277 g/mol. The van der Waals surface area contributed by atoms with Gasteiger partial charge in [-0.15, -0.1) is 0 Å². The van der Waals surface area contributed by atoms with Gasteiger partial charge in [0.15, 0.2) is 0 Å². The van der Waals surface area contributed by atoms with E-state index in [1.165, 1.54) is 5.69 Å². The third-order valence-electron chi connectivity index (χ3n) is 1.88. The van der Waals surface area contributed by atoms with Crippen LogP contribution in [0.1, 0.15) is 18.3 Å². The fourth-order valence-electron chi connectivity index (χ4n) is 1.18. The Labute approximate surface area is 97.6 Å². The number of thioether (sulfide) groups is 1. The highest BCUT2D eigenvalue weighted by Gasteiger charge is 2.10. The van der Waals surface area contributed by atoms with E-state index in [-0.39, 0.29) is 6.04 Å². The molecule has 0 radical (unpaired) electrons. The number of hydrogen-bond acceptors (Lipinski definition) is 3. The van der Waals surface area contributed by atoms with Crippen molar-refractivity contribution in [1.82, 2.24) is 9.78 Å². The third kappa shape index (κ3) is 3.00. The van der Waals surface area contributed by atoms with Crippen molar-refractivity contribution in [2.24, 2.45) is 12.8 Å². The molecule has 3 nitrogen and oxygen atoms in total. The summed E-state index contributed by atoms with van der Waals surface area (Å²) in [7, 11) is 1.97. The van der Waals surface area contributed by atoms with Gasteiger partial charge in [0.2, 0.25) is 0 Å². The van der Waals surface area contributed by atoms with E-state index in [2.05, 4.69) is 21.0 Å². The zero-order chi connectivity index (χ0) is 10.7. The van der Waals surface area contributed by atoms with Crippen LogP contribution in [0.3, 0.4) is 0 Å². The largest absolute Gasteiger partial charge is 0.327 e. The molecular weight excluding hydrogens is 262 g/mol. The summed E-state index contributed by atoms with van der Waals surface area (Å²) in [5.41, 5.74) is 7.96. The summed E-state index contributed by atoms with van der Waals surface area (Å²) in [5, 5.41) is 4.33. The molecule has 0 saturated heterocycles. The maximum Gasteiger partial charge on any atom is 0.0738 e. The SMILES string of the molecule is Cc1nn(C)c(CSCC(C)N)c1Br. The molecule has 1 rings (SSSR count). The highest BCUT2D eigenvalue weighted by atomic mass is 79.9. The second kappa shape index (κ2) is 5.19. The molecule has 0 aliphatic heterocycles. The van der Waals surface area contributed by atoms with E-state index in [4.69, 9.17) is 5.73 Å². The van der Waals surface area contributed by atoms with Gasteiger partial charge in [-0.2, -0.15) is 16.9 Å². The maximum atomic E-state index is 5.68. The molecule has 1 aromatic rings. The molecule has 80 valence electrons. The normalized spacial score (nSPS) is 13.2. The van der Waals surface area contributed by atoms with Gasteiger partial charge in [0.1, 0.15) is 0 Å². The van der Waals surface area contributed by atoms with Crippen LogP contribution in [0.2, 0.25) is 0 Å². The second-order valence-electron chi connectivity index (χ2n) is 3.46. The second-order valence-corrected chi connectivity index (χ2v) is 5.29. The van der Waals surface area contributed by atoms with Gasteiger partial charge < -0.3 is 5.73 Å². The number of rotatable bonds is 4. The summed E-state index contributed by atoms with van der Waals surface area (Å²) in [6, 6.07) is 0.257. The third-order valence-corrected chi connectivity index (χ3v) is 4.15. The maximum absolute atomic E-state index is 5.68. The first-order valence-electron chi connectivity index (χ1n) is 4.53. The number of nitrogens with two attached hydrogens (primary N) is 1. The van der Waals surface area contributed by atoms with Gasteiger partial charge in [0.25, 0.3) is 0 Å². The van der Waals surface area contributed by atoms with Gasteiger partial charge in [-0.3, -0.25) is 4.68 Å². The van der Waals surface area contributed by atoms with Crippen molar-refractivity contribution >= 4 is 27.7 Å². The standard InChI is InChI=1S/C9H16BrN3S/c1-6(11)4-14-5-8-9(10)7(2)12-13(8)3/h6H,4-5,11H2,1-3H3. The van der Waals surface area contributed by atoms with Crippen molar-refractivity contribution in [2.45, 2.75) is 25.6 Å². The first kappa shape index (κ1) is 12.1. The van der Waals surface area contributed by atoms with Crippen molar-refractivity contribution < 1.29 is 0 Å². The van der Waals surface area contributed by atoms with E-state index >= 15 is 0 Å². The topological polar surface area (TPSA) is 43.8 Å². The van der Waals surface area contributed by atoms with Crippen LogP contribution in [0, 0.1) is 6.92 Å². The number of halogens is 1. The Morgan fingerprint density at radius 3 is 2.71 bits per heavy atom. The molecule has 0 spiro atoms. The Bertz CT molecular complexity index is 309. The average Bonchev–Trinajstić information content (AvgIpc) is 2.31. The van der Waals surface area contributed by atoms with Crippen molar-refractivity contribution in [2.75, 3.05) is 5.75 Å². The van der Waals surface area contributed by atoms with Crippen LogP contribution < -0.4 is 5.73 Å². The smallest absolute Gasteiger partial charge is 0.0738 e. The lowest BCUT2D eigenvalue weighted by Crippen LogP contribution is -2.17. The summed E-state index contributed by atoms with van der Waals surface area (Å²) in [4.78, 5) is 0. The molecule has 0 aliphatic carbocycles. The molecule has 14 heavy (non-hydrogen) atoms. The van der Waals surface area contributed by atoms with E-state index < -0.39 is 0 Å². The van der Waals surface area contributed by atoms with Crippen LogP contribution in [0.15, 0.2) is 4.47 Å². The fourth-order valence-corrected chi connectivity index (χ4v) is 2.85. The molecule has 0 fully saturated rings. The van der Waals surface area contributed by atoms with Gasteiger partial charge in [0, 0.05) is 24.6 Å². The van der Waals surface area contributed by atoms with E-state index in [1.807, 2.05) is 37.3 Å². The predicted molar refractivity (Wildman–Crippen MR) is 65.5 cm³/mol. The minimum Gasteiger partial charge on any atom is -0.327 e. The summed E-state index contributed by atoms with van der Waals surface area (Å²) in [6.07, 6.45) is 0. The minimum absolute atomic E-state index is 0.257. The van der Waals surface area contributed by atoms with Crippen LogP contribution in [0.4, 0.5) is 0 Å². The quantitative estimate of drug-likeness (QED) is 0.917. The number of hydrogen-bond donors (Lipinski definition) is 1. The summed E-state index contributed by atoms with van der Waals surface area (Å²) >= 11 is 5.38. The molecule has 2 N–H and O–H groups in total. The molecule has 0 bridgehead atoms. The number of nitrogens with zero attached hydrogens (tertiary/aromatic N) is 2. The fraction of sp³-hybridized carbons (Fsp3) is 0.667. The van der Waals surface area contributed by atoms with E-state index in [9.17, 15) is 0 Å². The van der Waals surface area contributed by atoms with Crippen molar-refractivity contribution in [3.05, 3.63) is 15.9 Å². The highest BCUT2D eigenvalue weighted by molar-refractivity contribution is 9.10. The van der Waals surface area contributed by atoms with Crippen LogP contribution in [0.5, 0.6) is 0 Å². The Balaban J connectivity index is 2.58. The van der Waals surface area contributed by atoms with Crippen molar-refractivity contribution in [1.29, 1.82) is 0 Å². The molecule has 1 heterocycles. The predicted octanol–water partition coefficient (Wildman–Crippen LogP) is 2.07. The van der Waals surface area contributed by atoms with E-state index in [0.717, 1.165) is 21.7 Å². The van der Waals surface area contributed by atoms with Gasteiger partial charge in [0.05, 0.1) is 15.9 Å². The zero-order valence-corrected chi connectivity index (χ0v) is 11.2. The van der Waals surface area contributed by atoms with E-state index in [0.29, 0.717) is 0 Å². The first-order valence-corrected chi connectivity index (χ1v) is 6.48. The van der Waals surface area contributed by atoms with Gasteiger partial charge in [-0.05, 0) is 29.8 Å². The molecule has 1 aromatic heterocycles. The summed E-state index contributed by atoms with van der Waals surface area (Å²) < 4.78 is 3.05. The highest BCUT2D eigenvalue weighted by Crippen LogP contribution is 2.24. The summed E-state index contributed by atoms with van der Waals surface area (Å²) in [6.45, 7) is 4.03. The lowest BCUT2D eigenvalue weighted by Gasteiger charge is -2.05. The number of aromatic nitrogens is 2. The molecule has 1 atom stereocenters. The summed E-state index contributed by atoms with van der Waals surface area (Å²) in [5.74, 6) is 1.94. The average molecular weight is 278 g/mol. The van der Waals surface area contributed by atoms with Gasteiger partial charge in [-0.1, -0.05) is 0 Å². The molecule has 0 aliphatic rings. The first-order chi connectivity index (χ1) is 6.52. The Morgan fingerprint density at radius 1 is 1.64 bits per heavy atom. The molecular formula is C9H16BrN3S. The van der Waals surface area contributed by atoms with Crippen LogP contribution in [-0.4, -0.2) is 21.6 Å². The number of aryl methyl sites for hydroxylation is 2. The van der Waals surface area contributed by atoms with Gasteiger partial charge in [-0.25, -0.2) is 0 Å². The minimum atomic E-state index is 0.257. The molecule has 0 saturated carbocycles. The van der Waals surface area contributed by atoms with E-state index in [1.54, 1.807) is 0 Å². The van der Waals surface area contributed by atoms with Crippen LogP contribution in [0.25, 0.3) is 0 Å². The molecule has 0 amide bonds. The van der Waals surface area contributed by atoms with Gasteiger partial charge >= 0.3 is 0 Å². The lowest BCUT2D eigenvalue weighted by molar-refractivity contribution is 0.726. The van der Waals surface area contributed by atoms with Crippen molar-refractivity contribution in [3.63, 3.8) is 0 Å². The lowest BCUT2D eigenvalue weighted by atomic mass is 10.4. The Kier molecular flexibility index (Phi) is 4.47.